The molecule has 0 saturated heterocycles. The van der Waals surface area contributed by atoms with Gasteiger partial charge in [0.25, 0.3) is 11.6 Å². The number of nitrogens with zero attached hydrogens (tertiary/aromatic N) is 1. The number of carbonyl (C=O) groups is 3. The van der Waals surface area contributed by atoms with Gasteiger partial charge in [-0.25, -0.2) is 14.0 Å². The van der Waals surface area contributed by atoms with Crippen LogP contribution >= 0.6 is 0 Å². The molecule has 0 aliphatic carbocycles. The van der Waals surface area contributed by atoms with Crippen LogP contribution in [0.15, 0.2) is 18.2 Å². The lowest BCUT2D eigenvalue weighted by atomic mass is 10.1. The van der Waals surface area contributed by atoms with Crippen molar-refractivity contribution in [3.8, 4) is 0 Å². The highest BCUT2D eigenvalue weighted by atomic mass is 19.1. The number of halogens is 1. The second kappa shape index (κ2) is 8.29. The fraction of sp³-hybridized carbons (Fsp3) is 0.235. The van der Waals surface area contributed by atoms with Crippen molar-refractivity contribution < 1.29 is 33.2 Å². The van der Waals surface area contributed by atoms with Crippen LogP contribution in [0.5, 0.6) is 0 Å². The van der Waals surface area contributed by atoms with Crippen LogP contribution in [0.2, 0.25) is 0 Å². The average molecular weight is 393 g/mol. The number of anilines is 1. The number of aryl methyl sites for hydroxylation is 1. The maximum atomic E-state index is 13.7. The summed E-state index contributed by atoms with van der Waals surface area (Å²) in [7, 11) is 1.20. The minimum atomic E-state index is -0.912. The van der Waals surface area contributed by atoms with Crippen molar-refractivity contribution in [1.29, 1.82) is 0 Å². The SMILES string of the molecule is COC(=O)c1c(C)[nH]c(C(=O)OCC(=O)Nc2cc([N+](=O)[O-])ccc2F)c1C. The Kier molecular flexibility index (Phi) is 6.08. The van der Waals surface area contributed by atoms with E-state index in [1.165, 1.54) is 14.0 Å². The van der Waals surface area contributed by atoms with Gasteiger partial charge in [0.1, 0.15) is 11.5 Å². The fourth-order valence-electron chi connectivity index (χ4n) is 2.47. The number of nitro benzene ring substituents is 1. The molecule has 1 amide bonds. The number of benzene rings is 1. The lowest BCUT2D eigenvalue weighted by molar-refractivity contribution is -0.384. The number of aromatic nitrogens is 1. The Labute approximate surface area is 157 Å². The summed E-state index contributed by atoms with van der Waals surface area (Å²) in [5, 5.41) is 12.8. The van der Waals surface area contributed by atoms with Crippen molar-refractivity contribution in [2.45, 2.75) is 13.8 Å². The highest BCUT2D eigenvalue weighted by Crippen LogP contribution is 2.22. The van der Waals surface area contributed by atoms with E-state index in [2.05, 4.69) is 15.0 Å². The van der Waals surface area contributed by atoms with Gasteiger partial charge in [0, 0.05) is 17.8 Å². The minimum absolute atomic E-state index is 0.0350. The summed E-state index contributed by atoms with van der Waals surface area (Å²) in [5.41, 5.74) is -0.0136. The Morgan fingerprint density at radius 1 is 1.25 bits per heavy atom. The van der Waals surface area contributed by atoms with E-state index in [1.54, 1.807) is 6.92 Å². The molecule has 2 rings (SSSR count). The van der Waals surface area contributed by atoms with Gasteiger partial charge in [-0.2, -0.15) is 0 Å². The number of H-pyrrole nitrogens is 1. The van der Waals surface area contributed by atoms with E-state index in [0.29, 0.717) is 11.3 Å². The highest BCUT2D eigenvalue weighted by molar-refractivity contribution is 5.99. The molecule has 11 heteroatoms. The first-order valence-corrected chi connectivity index (χ1v) is 7.84. The number of nitro groups is 1. The molecule has 0 aliphatic rings. The Bertz CT molecular complexity index is 968. The molecule has 0 radical (unpaired) electrons. The molecule has 2 aromatic rings. The largest absolute Gasteiger partial charge is 0.465 e. The van der Waals surface area contributed by atoms with E-state index in [-0.39, 0.29) is 11.3 Å². The van der Waals surface area contributed by atoms with Crippen molar-refractivity contribution >= 4 is 29.2 Å². The van der Waals surface area contributed by atoms with E-state index in [4.69, 9.17) is 4.74 Å². The van der Waals surface area contributed by atoms with Crippen LogP contribution in [-0.4, -0.2) is 41.5 Å². The van der Waals surface area contributed by atoms with Crippen molar-refractivity contribution in [2.24, 2.45) is 0 Å². The second-order valence-corrected chi connectivity index (χ2v) is 5.66. The smallest absolute Gasteiger partial charge is 0.355 e. The summed E-state index contributed by atoms with van der Waals surface area (Å²) >= 11 is 0. The maximum absolute atomic E-state index is 13.7. The third-order valence-electron chi connectivity index (χ3n) is 3.80. The van der Waals surface area contributed by atoms with Gasteiger partial charge < -0.3 is 19.8 Å². The number of rotatable bonds is 6. The first kappa shape index (κ1) is 20.6. The molecule has 28 heavy (non-hydrogen) atoms. The third kappa shape index (κ3) is 4.31. The van der Waals surface area contributed by atoms with Crippen LogP contribution in [0.3, 0.4) is 0 Å². The Morgan fingerprint density at radius 2 is 1.93 bits per heavy atom. The first-order chi connectivity index (χ1) is 13.1. The molecule has 0 spiro atoms. The quantitative estimate of drug-likeness (QED) is 0.436. The van der Waals surface area contributed by atoms with Crippen molar-refractivity contribution in [3.63, 3.8) is 0 Å². The monoisotopic (exact) mass is 393 g/mol. The van der Waals surface area contributed by atoms with Gasteiger partial charge in [-0.1, -0.05) is 0 Å². The molecular weight excluding hydrogens is 377 g/mol. The summed E-state index contributed by atoms with van der Waals surface area (Å²) in [5.74, 6) is -3.33. The molecule has 0 unspecified atom stereocenters. The summed E-state index contributed by atoms with van der Waals surface area (Å²) in [6, 6.07) is 2.62. The molecule has 0 fully saturated rings. The summed E-state index contributed by atoms with van der Waals surface area (Å²) in [6.07, 6.45) is 0. The van der Waals surface area contributed by atoms with Gasteiger partial charge in [-0.05, 0) is 25.5 Å². The molecule has 0 aliphatic heterocycles. The molecule has 0 bridgehead atoms. The summed E-state index contributed by atoms with van der Waals surface area (Å²) in [4.78, 5) is 48.4. The summed E-state index contributed by atoms with van der Waals surface area (Å²) < 4.78 is 23.2. The minimum Gasteiger partial charge on any atom is -0.465 e. The predicted octanol–water partition coefficient (Wildman–Crippen LogP) is 2.26. The van der Waals surface area contributed by atoms with Crippen LogP contribution in [0.25, 0.3) is 0 Å². The Morgan fingerprint density at radius 3 is 2.54 bits per heavy atom. The second-order valence-electron chi connectivity index (χ2n) is 5.66. The van der Waals surface area contributed by atoms with Crippen molar-refractivity contribution in [3.05, 3.63) is 56.6 Å². The molecular formula is C17H16FN3O7. The highest BCUT2D eigenvalue weighted by Gasteiger charge is 2.24. The Balaban J connectivity index is 2.06. The van der Waals surface area contributed by atoms with Gasteiger partial charge >= 0.3 is 11.9 Å². The number of nitrogens with one attached hydrogen (secondary N) is 2. The molecule has 148 valence electrons. The fourth-order valence-corrected chi connectivity index (χ4v) is 2.47. The molecule has 1 heterocycles. The van der Waals surface area contributed by atoms with E-state index < -0.39 is 46.6 Å². The van der Waals surface area contributed by atoms with Crippen LogP contribution in [0, 0.1) is 29.8 Å². The average Bonchev–Trinajstić information content (AvgIpc) is 2.95. The van der Waals surface area contributed by atoms with Crippen molar-refractivity contribution in [1.82, 2.24) is 4.98 Å². The number of non-ortho nitro benzene ring substituents is 1. The van der Waals surface area contributed by atoms with E-state index in [9.17, 15) is 28.9 Å². The normalized spacial score (nSPS) is 10.3. The van der Waals surface area contributed by atoms with E-state index in [1.807, 2.05) is 0 Å². The van der Waals surface area contributed by atoms with E-state index in [0.717, 1.165) is 18.2 Å². The number of esters is 2. The number of amides is 1. The zero-order chi connectivity index (χ0) is 21.0. The summed E-state index contributed by atoms with van der Waals surface area (Å²) in [6.45, 7) is 2.30. The lowest BCUT2D eigenvalue weighted by Gasteiger charge is -2.07. The standard InChI is InChI=1S/C17H16FN3O7/c1-8-14(16(23)27-3)9(2)19-15(8)17(24)28-7-13(22)20-12-6-10(21(25)26)4-5-11(12)18/h4-6,19H,7H2,1-3H3,(H,20,22). The van der Waals surface area contributed by atoms with Crippen LogP contribution in [0.4, 0.5) is 15.8 Å². The van der Waals surface area contributed by atoms with E-state index >= 15 is 0 Å². The topological polar surface area (TPSA) is 141 Å². The van der Waals surface area contributed by atoms with Gasteiger partial charge in [0.05, 0.1) is 23.3 Å². The van der Waals surface area contributed by atoms with Crippen LogP contribution in [0.1, 0.15) is 32.1 Å². The third-order valence-corrected chi connectivity index (χ3v) is 3.80. The predicted molar refractivity (Wildman–Crippen MR) is 93.6 cm³/mol. The number of aromatic amines is 1. The van der Waals surface area contributed by atoms with Crippen LogP contribution < -0.4 is 5.32 Å². The molecule has 1 aromatic heterocycles. The van der Waals surface area contributed by atoms with Gasteiger partial charge in [0.15, 0.2) is 6.61 Å². The number of methoxy groups -OCH3 is 1. The number of hydrogen-bond acceptors (Lipinski definition) is 7. The zero-order valence-corrected chi connectivity index (χ0v) is 15.1. The molecule has 10 nitrogen and oxygen atoms in total. The molecule has 2 N–H and O–H groups in total. The lowest BCUT2D eigenvalue weighted by Crippen LogP contribution is -2.22. The number of carbonyl (C=O) groups excluding carboxylic acids is 3. The maximum Gasteiger partial charge on any atom is 0.355 e. The first-order valence-electron chi connectivity index (χ1n) is 7.84. The van der Waals surface area contributed by atoms with Crippen LogP contribution in [-0.2, 0) is 14.3 Å². The molecule has 0 saturated carbocycles. The Hall–Kier alpha value is -3.76. The molecule has 1 aromatic carbocycles. The zero-order valence-electron chi connectivity index (χ0n) is 15.1. The number of ether oxygens (including phenoxy) is 2. The van der Waals surface area contributed by atoms with Gasteiger partial charge in [-0.3, -0.25) is 14.9 Å². The van der Waals surface area contributed by atoms with Gasteiger partial charge in [-0.15, -0.1) is 0 Å². The van der Waals surface area contributed by atoms with Crippen molar-refractivity contribution in [2.75, 3.05) is 19.0 Å². The molecule has 0 atom stereocenters. The number of hydrogen-bond donors (Lipinski definition) is 2. The van der Waals surface area contributed by atoms with Gasteiger partial charge in [0.2, 0.25) is 0 Å².